The topological polar surface area (TPSA) is 50.9 Å². The number of benzene rings is 3. The van der Waals surface area contributed by atoms with Crippen LogP contribution in [-0.2, 0) is 10.8 Å². The fourth-order valence-corrected chi connectivity index (χ4v) is 5.94. The lowest BCUT2D eigenvalue weighted by molar-refractivity contribution is 0.284. The molecule has 0 unspecified atom stereocenters. The Balaban J connectivity index is 1.60. The van der Waals surface area contributed by atoms with E-state index in [1.54, 1.807) is 16.6 Å². The molecule has 0 aliphatic rings. The fraction of sp³-hybridized carbons (Fsp3) is 0.419. The number of phenolic OH excluding ortho intramolecular Hbond substituents is 1. The summed E-state index contributed by atoms with van der Waals surface area (Å²) in [4.78, 5) is 3.87. The van der Waals surface area contributed by atoms with Crippen molar-refractivity contribution in [2.45, 2.75) is 89.4 Å². The first-order valence-corrected chi connectivity index (χ1v) is 13.4. The molecule has 1 N–H and O–H groups in total. The van der Waals surface area contributed by atoms with E-state index in [0.717, 1.165) is 33.5 Å². The third kappa shape index (κ3) is 5.78. The first-order valence-electron chi connectivity index (χ1n) is 12.6. The van der Waals surface area contributed by atoms with Gasteiger partial charge in [0.25, 0.3) is 0 Å². The Morgan fingerprint density at radius 1 is 0.778 bits per heavy atom. The van der Waals surface area contributed by atoms with E-state index in [9.17, 15) is 5.11 Å². The molecule has 1 aromatic heterocycles. The molecule has 190 valence electrons. The molecule has 0 spiro atoms. The minimum Gasteiger partial charge on any atom is -0.505 e. The van der Waals surface area contributed by atoms with E-state index >= 15 is 0 Å². The van der Waals surface area contributed by atoms with E-state index in [-0.39, 0.29) is 22.0 Å². The highest BCUT2D eigenvalue weighted by Gasteiger charge is 2.27. The Labute approximate surface area is 220 Å². The van der Waals surface area contributed by atoms with E-state index in [1.807, 2.05) is 25.1 Å². The molecule has 5 heteroatoms. The molecule has 0 bridgehead atoms. The van der Waals surface area contributed by atoms with E-state index in [0.29, 0.717) is 5.69 Å². The van der Waals surface area contributed by atoms with Gasteiger partial charge in [-0.15, -0.1) is 15.0 Å². The molecule has 3 aromatic carbocycles. The zero-order valence-electron chi connectivity index (χ0n) is 23.1. The Kier molecular flexibility index (Phi) is 6.76. The number of aromatic nitrogens is 3. The number of fused-ring (bicyclic) bond motifs is 1. The lowest BCUT2D eigenvalue weighted by Crippen LogP contribution is -2.24. The van der Waals surface area contributed by atoms with Crippen molar-refractivity contribution in [2.24, 2.45) is 5.41 Å². The van der Waals surface area contributed by atoms with Crippen molar-refractivity contribution in [3.63, 3.8) is 0 Å². The van der Waals surface area contributed by atoms with Crippen LogP contribution in [0.15, 0.2) is 64.4 Å². The molecule has 0 amide bonds. The molecule has 0 aliphatic carbocycles. The van der Waals surface area contributed by atoms with Crippen molar-refractivity contribution in [1.82, 2.24) is 15.0 Å². The zero-order chi connectivity index (χ0) is 26.5. The van der Waals surface area contributed by atoms with Crippen molar-refractivity contribution in [3.8, 4) is 11.4 Å². The van der Waals surface area contributed by atoms with Crippen LogP contribution >= 0.6 is 11.8 Å². The molecule has 0 saturated carbocycles. The van der Waals surface area contributed by atoms with E-state index in [1.165, 1.54) is 10.5 Å². The lowest BCUT2D eigenvalue weighted by atomic mass is 9.72. The highest BCUT2D eigenvalue weighted by Crippen LogP contribution is 2.38. The molecule has 0 radical (unpaired) electrons. The van der Waals surface area contributed by atoms with Gasteiger partial charge in [-0.1, -0.05) is 85.4 Å². The minimum atomic E-state index is -0.182. The predicted octanol–water partition coefficient (Wildman–Crippen LogP) is 8.60. The van der Waals surface area contributed by atoms with Gasteiger partial charge in [-0.2, -0.15) is 0 Å². The van der Waals surface area contributed by atoms with Crippen LogP contribution in [-0.4, -0.2) is 20.1 Å². The summed E-state index contributed by atoms with van der Waals surface area (Å²) in [6.07, 6.45) is 1.13. The number of aryl methyl sites for hydroxylation is 1. The van der Waals surface area contributed by atoms with Crippen LogP contribution in [0.1, 0.15) is 78.5 Å². The second kappa shape index (κ2) is 9.26. The fourth-order valence-electron chi connectivity index (χ4n) is 5.09. The number of phenols is 1. The van der Waals surface area contributed by atoms with Crippen LogP contribution in [0.3, 0.4) is 0 Å². The Bertz CT molecular complexity index is 1390. The highest BCUT2D eigenvalue weighted by atomic mass is 32.2. The summed E-state index contributed by atoms with van der Waals surface area (Å²) in [7, 11) is 0. The summed E-state index contributed by atoms with van der Waals surface area (Å²) in [5.41, 5.74) is 5.78. The van der Waals surface area contributed by atoms with E-state index < -0.39 is 0 Å². The van der Waals surface area contributed by atoms with Gasteiger partial charge in [0, 0.05) is 15.4 Å². The van der Waals surface area contributed by atoms with Gasteiger partial charge in [0.2, 0.25) is 0 Å². The highest BCUT2D eigenvalue weighted by molar-refractivity contribution is 7.99. The maximum absolute atomic E-state index is 11.0. The molecule has 1 heterocycles. The van der Waals surface area contributed by atoms with Gasteiger partial charge in [0.15, 0.2) is 0 Å². The quantitative estimate of drug-likeness (QED) is 0.297. The van der Waals surface area contributed by atoms with Crippen molar-refractivity contribution < 1.29 is 5.11 Å². The van der Waals surface area contributed by atoms with Gasteiger partial charge in [-0.3, -0.25) is 0 Å². The van der Waals surface area contributed by atoms with Gasteiger partial charge >= 0.3 is 0 Å². The molecule has 0 saturated heterocycles. The first kappa shape index (κ1) is 26.3. The summed E-state index contributed by atoms with van der Waals surface area (Å²) < 4.78 is 0. The molecular weight excluding hydrogens is 462 g/mol. The monoisotopic (exact) mass is 501 g/mol. The number of rotatable bonds is 5. The Morgan fingerprint density at radius 2 is 1.39 bits per heavy atom. The van der Waals surface area contributed by atoms with Gasteiger partial charge in [-0.05, 0) is 77.1 Å². The summed E-state index contributed by atoms with van der Waals surface area (Å²) in [5.74, 6) is 0.234. The SMILES string of the molecule is Cc1cc(-n2nc3ccc(Sc4ccc(C(C)(C)CC(C)(C)C)cc4)cc3n2)c(O)c(C(C)(C)C)c1. The van der Waals surface area contributed by atoms with Crippen molar-refractivity contribution in [1.29, 1.82) is 0 Å². The largest absolute Gasteiger partial charge is 0.505 e. The maximum Gasteiger partial charge on any atom is 0.146 e. The smallest absolute Gasteiger partial charge is 0.146 e. The average Bonchev–Trinajstić information content (AvgIpc) is 3.16. The van der Waals surface area contributed by atoms with Crippen LogP contribution < -0.4 is 0 Å². The van der Waals surface area contributed by atoms with Gasteiger partial charge in [0.05, 0.1) is 0 Å². The third-order valence-corrected chi connectivity index (χ3v) is 7.45. The summed E-state index contributed by atoms with van der Waals surface area (Å²) in [6, 6.07) is 19.1. The molecule has 4 rings (SSSR count). The van der Waals surface area contributed by atoms with Crippen LogP contribution in [0.4, 0.5) is 0 Å². The molecule has 0 aliphatic heterocycles. The molecule has 0 fully saturated rings. The Morgan fingerprint density at radius 3 is 2.00 bits per heavy atom. The minimum absolute atomic E-state index is 0.132. The predicted molar refractivity (Wildman–Crippen MR) is 152 cm³/mol. The first-order chi connectivity index (χ1) is 16.6. The maximum atomic E-state index is 11.0. The average molecular weight is 502 g/mol. The summed E-state index contributed by atoms with van der Waals surface area (Å²) in [6.45, 7) is 19.9. The molecule has 0 atom stereocenters. The molecular formula is C31H39N3OS. The number of aromatic hydroxyl groups is 1. The third-order valence-electron chi connectivity index (χ3n) is 6.45. The van der Waals surface area contributed by atoms with Crippen LogP contribution in [0.25, 0.3) is 16.7 Å². The number of nitrogens with zero attached hydrogens (tertiary/aromatic N) is 3. The summed E-state index contributed by atoms with van der Waals surface area (Å²) in [5, 5.41) is 20.4. The van der Waals surface area contributed by atoms with Crippen LogP contribution in [0.5, 0.6) is 5.75 Å². The van der Waals surface area contributed by atoms with E-state index in [4.69, 9.17) is 5.10 Å². The van der Waals surface area contributed by atoms with Crippen molar-refractivity contribution in [3.05, 3.63) is 71.3 Å². The number of hydrogen-bond acceptors (Lipinski definition) is 4. The lowest BCUT2D eigenvalue weighted by Gasteiger charge is -2.33. The van der Waals surface area contributed by atoms with Gasteiger partial charge < -0.3 is 5.11 Å². The second-order valence-electron chi connectivity index (χ2n) is 12.8. The number of hydrogen-bond donors (Lipinski definition) is 1. The molecule has 36 heavy (non-hydrogen) atoms. The second-order valence-corrected chi connectivity index (χ2v) is 14.0. The summed E-state index contributed by atoms with van der Waals surface area (Å²) >= 11 is 1.72. The van der Waals surface area contributed by atoms with Crippen molar-refractivity contribution >= 4 is 22.8 Å². The normalized spacial score (nSPS) is 12.9. The van der Waals surface area contributed by atoms with Crippen LogP contribution in [0, 0.1) is 12.3 Å². The standard InChI is InChI=1S/C31H39N3OS/c1-20-16-24(30(5,6)7)28(35)27(17-20)34-32-25-15-14-23(18-26(25)33-34)36-22-12-10-21(11-13-22)31(8,9)19-29(2,3)4/h10-18,35H,19H2,1-9H3. The van der Waals surface area contributed by atoms with Crippen LogP contribution in [0.2, 0.25) is 0 Å². The van der Waals surface area contributed by atoms with Gasteiger partial charge in [-0.25, -0.2) is 0 Å². The van der Waals surface area contributed by atoms with Crippen molar-refractivity contribution in [2.75, 3.05) is 0 Å². The Hall–Kier alpha value is -2.79. The molecule has 4 aromatic rings. The van der Waals surface area contributed by atoms with Gasteiger partial charge in [0.1, 0.15) is 22.5 Å². The molecule has 4 nitrogen and oxygen atoms in total. The zero-order valence-corrected chi connectivity index (χ0v) is 23.9. The van der Waals surface area contributed by atoms with E-state index in [2.05, 4.69) is 96.9 Å².